The Morgan fingerprint density at radius 2 is 1.89 bits per heavy atom. The summed E-state index contributed by atoms with van der Waals surface area (Å²) in [4.78, 5) is 0. The van der Waals surface area contributed by atoms with Crippen molar-refractivity contribution in [2.75, 3.05) is 6.73 Å². The normalized spacial score (nSPS) is 15.7. The number of hydrogen-bond donors (Lipinski definition) is 3. The molecule has 0 heterocycles. The molecule has 0 saturated carbocycles. The van der Waals surface area contributed by atoms with Crippen molar-refractivity contribution in [2.24, 2.45) is 0 Å². The lowest BCUT2D eigenvalue weighted by molar-refractivity contribution is -0.216. The van der Waals surface area contributed by atoms with Crippen LogP contribution in [0.5, 0.6) is 0 Å². The van der Waals surface area contributed by atoms with Gasteiger partial charge in [-0.3, -0.25) is 5.32 Å². The molecular weight excluding hydrogens is 139 g/mol. The second kappa shape index (κ2) is 3.00. The Balaban J connectivity index is 3.59. The Bertz CT molecular complexity index is 83.6. The Kier molecular flexibility index (Phi) is 2.89. The van der Waals surface area contributed by atoms with E-state index in [4.69, 9.17) is 10.2 Å². The summed E-state index contributed by atoms with van der Waals surface area (Å²) in [6.07, 6.45) is -7.34. The summed E-state index contributed by atoms with van der Waals surface area (Å²) in [5.74, 6) is 0. The van der Waals surface area contributed by atoms with Crippen molar-refractivity contribution >= 4 is 0 Å². The standard InChI is InChI=1S/C3H6F3NO2/c4-3(5,6)2(9)7-1-8/h2,7-9H,1H2. The third-order valence-electron chi connectivity index (χ3n) is 0.595. The van der Waals surface area contributed by atoms with Crippen molar-refractivity contribution < 1.29 is 23.4 Å². The molecule has 0 rings (SSSR count). The average Bonchev–Trinajstić information content (AvgIpc) is 1.64. The monoisotopic (exact) mass is 145 g/mol. The molecule has 0 aromatic rings. The maximum Gasteiger partial charge on any atom is 0.428 e. The molecule has 1 atom stereocenters. The average molecular weight is 145 g/mol. The van der Waals surface area contributed by atoms with E-state index < -0.39 is 19.1 Å². The quantitative estimate of drug-likeness (QED) is 0.455. The molecule has 0 aliphatic heterocycles. The predicted octanol–water partition coefficient (Wildman–Crippen LogP) is -0.594. The third kappa shape index (κ3) is 3.28. The minimum Gasteiger partial charge on any atom is -0.381 e. The SMILES string of the molecule is OCNC(O)C(F)(F)F. The molecular formula is C3H6F3NO2. The van der Waals surface area contributed by atoms with Gasteiger partial charge in [-0.05, 0) is 0 Å². The van der Waals surface area contributed by atoms with Gasteiger partial charge in [0.25, 0.3) is 0 Å². The number of aliphatic hydroxyl groups excluding tert-OH is 2. The van der Waals surface area contributed by atoms with Crippen LogP contribution in [0.3, 0.4) is 0 Å². The minimum atomic E-state index is -4.71. The fourth-order valence-corrected chi connectivity index (χ4v) is 0.202. The summed E-state index contributed by atoms with van der Waals surface area (Å²) < 4.78 is 33.6. The van der Waals surface area contributed by atoms with Crippen LogP contribution in [0.2, 0.25) is 0 Å². The van der Waals surface area contributed by atoms with E-state index in [2.05, 4.69) is 0 Å². The van der Waals surface area contributed by atoms with Gasteiger partial charge in [0.05, 0.1) is 6.73 Å². The van der Waals surface area contributed by atoms with Crippen LogP contribution in [0.1, 0.15) is 0 Å². The Hall–Kier alpha value is -0.330. The molecule has 0 spiro atoms. The summed E-state index contributed by atoms with van der Waals surface area (Å²) in [5.41, 5.74) is 0. The lowest BCUT2D eigenvalue weighted by Crippen LogP contribution is -2.42. The van der Waals surface area contributed by atoms with Gasteiger partial charge in [-0.25, -0.2) is 0 Å². The molecule has 0 amide bonds. The highest BCUT2D eigenvalue weighted by molar-refractivity contribution is 4.58. The Morgan fingerprint density at radius 1 is 1.44 bits per heavy atom. The van der Waals surface area contributed by atoms with Crippen molar-refractivity contribution in [1.29, 1.82) is 0 Å². The Labute approximate surface area is 49.1 Å². The first-order valence-electron chi connectivity index (χ1n) is 2.07. The number of aliphatic hydroxyl groups is 2. The molecule has 9 heavy (non-hydrogen) atoms. The zero-order valence-electron chi connectivity index (χ0n) is 4.31. The van der Waals surface area contributed by atoms with E-state index >= 15 is 0 Å². The van der Waals surface area contributed by atoms with E-state index in [0.29, 0.717) is 0 Å². The number of hydrogen-bond acceptors (Lipinski definition) is 3. The van der Waals surface area contributed by atoms with Gasteiger partial charge < -0.3 is 10.2 Å². The van der Waals surface area contributed by atoms with E-state index in [1.165, 1.54) is 5.32 Å². The van der Waals surface area contributed by atoms with Crippen LogP contribution in [0.15, 0.2) is 0 Å². The van der Waals surface area contributed by atoms with Crippen LogP contribution in [-0.4, -0.2) is 29.3 Å². The smallest absolute Gasteiger partial charge is 0.381 e. The van der Waals surface area contributed by atoms with Crippen LogP contribution in [-0.2, 0) is 0 Å². The van der Waals surface area contributed by atoms with E-state index in [1.54, 1.807) is 0 Å². The molecule has 0 radical (unpaired) electrons. The van der Waals surface area contributed by atoms with Crippen molar-refractivity contribution in [3.8, 4) is 0 Å². The molecule has 1 unspecified atom stereocenters. The molecule has 0 aromatic carbocycles. The van der Waals surface area contributed by atoms with Crippen LogP contribution in [0.25, 0.3) is 0 Å². The van der Waals surface area contributed by atoms with Gasteiger partial charge in [0, 0.05) is 0 Å². The van der Waals surface area contributed by atoms with Crippen LogP contribution in [0.4, 0.5) is 13.2 Å². The van der Waals surface area contributed by atoms with E-state index in [1.807, 2.05) is 0 Å². The fourth-order valence-electron chi connectivity index (χ4n) is 0.202. The van der Waals surface area contributed by atoms with Crippen LogP contribution in [0, 0.1) is 0 Å². The number of rotatable bonds is 2. The maximum atomic E-state index is 11.2. The zero-order chi connectivity index (χ0) is 7.49. The minimum absolute atomic E-state index is 0.902. The first kappa shape index (κ1) is 8.67. The first-order valence-corrected chi connectivity index (χ1v) is 2.07. The highest BCUT2D eigenvalue weighted by atomic mass is 19.4. The van der Waals surface area contributed by atoms with Gasteiger partial charge in [0.2, 0.25) is 6.23 Å². The maximum absolute atomic E-state index is 11.2. The lowest BCUT2D eigenvalue weighted by atomic mass is 10.6. The largest absolute Gasteiger partial charge is 0.428 e. The highest BCUT2D eigenvalue weighted by Crippen LogP contribution is 2.17. The second-order valence-electron chi connectivity index (χ2n) is 1.31. The summed E-state index contributed by atoms with van der Waals surface area (Å²) in [6, 6.07) is 0. The molecule has 0 aliphatic carbocycles. The molecule has 0 aliphatic rings. The van der Waals surface area contributed by atoms with E-state index in [0.717, 1.165) is 0 Å². The summed E-state index contributed by atoms with van der Waals surface area (Å²) in [7, 11) is 0. The molecule has 0 bridgehead atoms. The molecule has 3 nitrogen and oxygen atoms in total. The summed E-state index contributed by atoms with van der Waals surface area (Å²) >= 11 is 0. The van der Waals surface area contributed by atoms with Crippen molar-refractivity contribution in [1.82, 2.24) is 5.32 Å². The fraction of sp³-hybridized carbons (Fsp3) is 1.00. The molecule has 6 heteroatoms. The Morgan fingerprint density at radius 3 is 2.00 bits per heavy atom. The first-order chi connectivity index (χ1) is 3.98. The van der Waals surface area contributed by atoms with Gasteiger partial charge in [0.1, 0.15) is 0 Å². The molecule has 0 saturated heterocycles. The van der Waals surface area contributed by atoms with Crippen molar-refractivity contribution in [3.63, 3.8) is 0 Å². The van der Waals surface area contributed by atoms with Gasteiger partial charge in [-0.1, -0.05) is 0 Å². The molecule has 3 N–H and O–H groups in total. The summed E-state index contributed by atoms with van der Waals surface area (Å²) in [6.45, 7) is -0.902. The van der Waals surface area contributed by atoms with Crippen molar-refractivity contribution in [3.05, 3.63) is 0 Å². The predicted molar refractivity (Wildman–Crippen MR) is 22.3 cm³/mol. The van der Waals surface area contributed by atoms with Crippen LogP contribution >= 0.6 is 0 Å². The van der Waals surface area contributed by atoms with Crippen molar-refractivity contribution in [2.45, 2.75) is 12.4 Å². The number of alkyl halides is 3. The van der Waals surface area contributed by atoms with Gasteiger partial charge >= 0.3 is 6.18 Å². The van der Waals surface area contributed by atoms with Gasteiger partial charge in [0.15, 0.2) is 0 Å². The third-order valence-corrected chi connectivity index (χ3v) is 0.595. The van der Waals surface area contributed by atoms with E-state index in [9.17, 15) is 13.2 Å². The summed E-state index contributed by atoms with van der Waals surface area (Å²) in [5, 5.41) is 17.2. The van der Waals surface area contributed by atoms with Crippen LogP contribution < -0.4 is 5.32 Å². The second-order valence-corrected chi connectivity index (χ2v) is 1.31. The van der Waals surface area contributed by atoms with Gasteiger partial charge in [-0.2, -0.15) is 13.2 Å². The molecule has 56 valence electrons. The zero-order valence-corrected chi connectivity index (χ0v) is 4.31. The highest BCUT2D eigenvalue weighted by Gasteiger charge is 2.37. The number of nitrogens with one attached hydrogen (secondary N) is 1. The number of halogens is 3. The molecule has 0 fully saturated rings. The lowest BCUT2D eigenvalue weighted by Gasteiger charge is -2.13. The molecule has 0 aromatic heterocycles. The van der Waals surface area contributed by atoms with E-state index in [-0.39, 0.29) is 0 Å². The van der Waals surface area contributed by atoms with Gasteiger partial charge in [-0.15, -0.1) is 0 Å². The topological polar surface area (TPSA) is 52.5 Å².